The van der Waals surface area contributed by atoms with Crippen LogP contribution < -0.4 is 5.32 Å². The van der Waals surface area contributed by atoms with Crippen molar-refractivity contribution in [3.63, 3.8) is 0 Å². The van der Waals surface area contributed by atoms with E-state index in [0.29, 0.717) is 27.5 Å². The Hall–Kier alpha value is -2.49. The summed E-state index contributed by atoms with van der Waals surface area (Å²) < 4.78 is 5.74. The third-order valence-electron chi connectivity index (χ3n) is 4.02. The van der Waals surface area contributed by atoms with Crippen LogP contribution >= 0.6 is 23.2 Å². The van der Waals surface area contributed by atoms with E-state index in [1.807, 2.05) is 30.3 Å². The van der Waals surface area contributed by atoms with Gasteiger partial charge >= 0.3 is 0 Å². The van der Waals surface area contributed by atoms with Crippen molar-refractivity contribution in [3.05, 3.63) is 82.0 Å². The highest BCUT2D eigenvalue weighted by Crippen LogP contribution is 2.29. The zero-order valence-electron chi connectivity index (χ0n) is 15.0. The molecule has 1 heterocycles. The van der Waals surface area contributed by atoms with E-state index in [2.05, 4.69) is 19.2 Å². The van der Waals surface area contributed by atoms with Crippen LogP contribution in [0, 0.1) is 0 Å². The Morgan fingerprint density at radius 2 is 1.67 bits per heavy atom. The van der Waals surface area contributed by atoms with Gasteiger partial charge in [-0.05, 0) is 60.0 Å². The van der Waals surface area contributed by atoms with E-state index in [-0.39, 0.29) is 5.91 Å². The maximum atomic E-state index is 12.1. The van der Waals surface area contributed by atoms with Crippen LogP contribution in [0.1, 0.15) is 31.1 Å². The summed E-state index contributed by atoms with van der Waals surface area (Å²) in [5.41, 5.74) is 2.76. The summed E-state index contributed by atoms with van der Waals surface area (Å²) >= 11 is 12.0. The first kappa shape index (κ1) is 19.3. The highest BCUT2D eigenvalue weighted by Gasteiger charge is 2.06. The molecular weight excluding hydrogens is 381 g/mol. The zero-order chi connectivity index (χ0) is 19.4. The standard InChI is InChI=1S/C22H19Cl2NO2/c1-14(2)15-3-5-19(6-4-15)25-22(26)10-8-20-7-9-21(27-20)16-11-17(23)13-18(24)12-16/h3-14H,1-2H3,(H,25,26)/b10-8+. The van der Waals surface area contributed by atoms with Crippen LogP contribution in [0.4, 0.5) is 5.69 Å². The molecule has 3 rings (SSSR count). The first-order valence-electron chi connectivity index (χ1n) is 8.56. The molecule has 0 aliphatic heterocycles. The third-order valence-corrected chi connectivity index (χ3v) is 4.45. The topological polar surface area (TPSA) is 42.2 Å². The molecule has 0 fully saturated rings. The van der Waals surface area contributed by atoms with Gasteiger partial charge in [0, 0.05) is 27.4 Å². The molecule has 138 valence electrons. The van der Waals surface area contributed by atoms with E-state index in [1.54, 1.807) is 30.3 Å². The maximum Gasteiger partial charge on any atom is 0.248 e. The summed E-state index contributed by atoms with van der Waals surface area (Å²) in [6.07, 6.45) is 3.05. The fraction of sp³-hybridized carbons (Fsp3) is 0.136. The Balaban J connectivity index is 1.65. The molecule has 1 aromatic heterocycles. The van der Waals surface area contributed by atoms with Crippen molar-refractivity contribution in [3.8, 4) is 11.3 Å². The molecule has 0 atom stereocenters. The van der Waals surface area contributed by atoms with E-state index in [1.165, 1.54) is 11.6 Å². The number of hydrogen-bond acceptors (Lipinski definition) is 2. The van der Waals surface area contributed by atoms with Gasteiger partial charge in [-0.3, -0.25) is 4.79 Å². The van der Waals surface area contributed by atoms with Crippen molar-refractivity contribution >= 4 is 40.9 Å². The summed E-state index contributed by atoms with van der Waals surface area (Å²) in [5, 5.41) is 3.90. The van der Waals surface area contributed by atoms with Gasteiger partial charge in [0.05, 0.1) is 0 Å². The Bertz CT molecular complexity index is 952. The smallest absolute Gasteiger partial charge is 0.248 e. The van der Waals surface area contributed by atoms with E-state index in [0.717, 1.165) is 11.3 Å². The Labute approximate surface area is 168 Å². The summed E-state index contributed by atoms with van der Waals surface area (Å²) in [7, 11) is 0. The lowest BCUT2D eigenvalue weighted by molar-refractivity contribution is -0.111. The van der Waals surface area contributed by atoms with Gasteiger partial charge in [0.1, 0.15) is 11.5 Å². The summed E-state index contributed by atoms with van der Waals surface area (Å²) in [6, 6.07) is 16.6. The van der Waals surface area contributed by atoms with Crippen molar-refractivity contribution in [2.75, 3.05) is 5.32 Å². The monoisotopic (exact) mass is 399 g/mol. The maximum absolute atomic E-state index is 12.1. The van der Waals surface area contributed by atoms with Gasteiger partial charge in [0.2, 0.25) is 5.91 Å². The molecule has 3 nitrogen and oxygen atoms in total. The number of benzene rings is 2. The van der Waals surface area contributed by atoms with Crippen LogP contribution in [0.3, 0.4) is 0 Å². The van der Waals surface area contributed by atoms with Crippen LogP contribution in [0.15, 0.2) is 65.1 Å². The number of nitrogens with one attached hydrogen (secondary N) is 1. The molecular formula is C22H19Cl2NO2. The molecule has 1 amide bonds. The van der Waals surface area contributed by atoms with Crippen LogP contribution in [0.5, 0.6) is 0 Å². The second kappa shape index (κ2) is 8.47. The fourth-order valence-corrected chi connectivity index (χ4v) is 3.11. The Kier molecular flexibility index (Phi) is 6.04. The number of halogens is 2. The van der Waals surface area contributed by atoms with Crippen molar-refractivity contribution in [2.45, 2.75) is 19.8 Å². The molecule has 0 saturated carbocycles. The van der Waals surface area contributed by atoms with Crippen LogP contribution in [0.2, 0.25) is 10.0 Å². The molecule has 0 aliphatic rings. The number of rotatable bonds is 5. The second-order valence-electron chi connectivity index (χ2n) is 6.46. The average molecular weight is 400 g/mol. The number of carbonyl (C=O) groups is 1. The lowest BCUT2D eigenvalue weighted by atomic mass is 10.0. The minimum Gasteiger partial charge on any atom is -0.457 e. The molecule has 0 radical (unpaired) electrons. The predicted molar refractivity (Wildman–Crippen MR) is 112 cm³/mol. The Morgan fingerprint density at radius 1 is 1.00 bits per heavy atom. The molecule has 27 heavy (non-hydrogen) atoms. The van der Waals surface area contributed by atoms with Crippen molar-refractivity contribution in [1.29, 1.82) is 0 Å². The SMILES string of the molecule is CC(C)c1ccc(NC(=O)/C=C/c2ccc(-c3cc(Cl)cc(Cl)c3)o2)cc1. The molecule has 1 N–H and O–H groups in total. The second-order valence-corrected chi connectivity index (χ2v) is 7.33. The number of anilines is 1. The average Bonchev–Trinajstić information content (AvgIpc) is 3.09. The number of hydrogen-bond donors (Lipinski definition) is 1. The molecule has 0 aliphatic carbocycles. The van der Waals surface area contributed by atoms with Gasteiger partial charge in [0.15, 0.2) is 0 Å². The normalized spacial score (nSPS) is 11.3. The minimum atomic E-state index is -0.226. The molecule has 0 bridgehead atoms. The minimum absolute atomic E-state index is 0.226. The first-order chi connectivity index (χ1) is 12.9. The van der Waals surface area contributed by atoms with Gasteiger partial charge in [-0.1, -0.05) is 49.2 Å². The number of carbonyl (C=O) groups excluding carboxylic acids is 1. The van der Waals surface area contributed by atoms with Gasteiger partial charge in [-0.2, -0.15) is 0 Å². The van der Waals surface area contributed by atoms with E-state index < -0.39 is 0 Å². The first-order valence-corrected chi connectivity index (χ1v) is 9.31. The molecule has 3 aromatic rings. The van der Waals surface area contributed by atoms with Crippen molar-refractivity contribution in [1.82, 2.24) is 0 Å². The van der Waals surface area contributed by atoms with Gasteiger partial charge in [-0.15, -0.1) is 0 Å². The predicted octanol–water partition coefficient (Wildman–Crippen LogP) is 7.03. The van der Waals surface area contributed by atoms with Crippen molar-refractivity contribution < 1.29 is 9.21 Å². The fourth-order valence-electron chi connectivity index (χ4n) is 2.59. The van der Waals surface area contributed by atoms with E-state index in [9.17, 15) is 4.79 Å². The van der Waals surface area contributed by atoms with Gasteiger partial charge < -0.3 is 9.73 Å². The van der Waals surface area contributed by atoms with Gasteiger partial charge in [0.25, 0.3) is 0 Å². The molecule has 0 unspecified atom stereocenters. The summed E-state index contributed by atoms with van der Waals surface area (Å²) in [4.78, 5) is 12.1. The lowest BCUT2D eigenvalue weighted by Crippen LogP contribution is -2.07. The van der Waals surface area contributed by atoms with Gasteiger partial charge in [-0.25, -0.2) is 0 Å². The third kappa shape index (κ3) is 5.25. The van der Waals surface area contributed by atoms with Crippen LogP contribution in [0.25, 0.3) is 17.4 Å². The Morgan fingerprint density at radius 3 is 2.30 bits per heavy atom. The number of furan rings is 1. The molecule has 0 spiro atoms. The van der Waals surface area contributed by atoms with Crippen LogP contribution in [-0.2, 0) is 4.79 Å². The highest BCUT2D eigenvalue weighted by atomic mass is 35.5. The zero-order valence-corrected chi connectivity index (χ0v) is 16.5. The summed E-state index contributed by atoms with van der Waals surface area (Å²) in [5.74, 6) is 1.42. The van der Waals surface area contributed by atoms with E-state index >= 15 is 0 Å². The molecule has 2 aromatic carbocycles. The van der Waals surface area contributed by atoms with E-state index in [4.69, 9.17) is 27.6 Å². The molecule has 5 heteroatoms. The summed E-state index contributed by atoms with van der Waals surface area (Å²) in [6.45, 7) is 4.26. The van der Waals surface area contributed by atoms with Crippen molar-refractivity contribution in [2.24, 2.45) is 0 Å². The van der Waals surface area contributed by atoms with Crippen LogP contribution in [-0.4, -0.2) is 5.91 Å². The lowest BCUT2D eigenvalue weighted by Gasteiger charge is -2.07. The molecule has 0 saturated heterocycles. The quantitative estimate of drug-likeness (QED) is 0.467. The largest absolute Gasteiger partial charge is 0.457 e. The highest BCUT2D eigenvalue weighted by molar-refractivity contribution is 6.35. The number of amides is 1.